The van der Waals surface area contributed by atoms with Gasteiger partial charge >= 0.3 is 0 Å². The van der Waals surface area contributed by atoms with E-state index >= 15 is 0 Å². The molecule has 2 aliphatic heterocycles. The number of nitrogens with one attached hydrogen (secondary N) is 2. The molecule has 1 aromatic rings. The molecule has 2 amide bonds. The Morgan fingerprint density at radius 2 is 1.96 bits per heavy atom. The largest absolute Gasteiger partial charge is 0.331 e. The molecule has 0 bridgehead atoms. The quantitative estimate of drug-likeness (QED) is 0.444. The van der Waals surface area contributed by atoms with Crippen molar-refractivity contribution in [3.63, 3.8) is 0 Å². The van der Waals surface area contributed by atoms with Crippen LogP contribution in [0.15, 0.2) is 35.3 Å². The second-order valence-electron chi connectivity index (χ2n) is 6.61. The van der Waals surface area contributed by atoms with Gasteiger partial charge in [-0.05, 0) is 12.2 Å². The minimum atomic E-state index is -0.869. The third-order valence-electron chi connectivity index (χ3n) is 4.82. The van der Waals surface area contributed by atoms with Crippen LogP contribution in [0, 0.1) is 5.92 Å². The van der Waals surface area contributed by atoms with Crippen molar-refractivity contribution in [2.24, 2.45) is 10.9 Å². The van der Waals surface area contributed by atoms with Gasteiger partial charge in [-0.15, -0.1) is 0 Å². The fourth-order valence-corrected chi connectivity index (χ4v) is 3.44. The Morgan fingerprint density at radius 3 is 2.64 bits per heavy atom. The Hall–Kier alpha value is -2.12. The average Bonchev–Trinajstić information content (AvgIpc) is 2.62. The minimum absolute atomic E-state index is 0.150. The Kier molecular flexibility index (Phi) is 5.55. The van der Waals surface area contributed by atoms with Crippen molar-refractivity contribution >= 4 is 35.4 Å². The number of amides is 2. The van der Waals surface area contributed by atoms with Gasteiger partial charge in [-0.25, -0.2) is 0 Å². The maximum absolute atomic E-state index is 12.2. The third-order valence-corrected chi connectivity index (χ3v) is 5.19. The van der Waals surface area contributed by atoms with Crippen LogP contribution in [0.4, 0.5) is 0 Å². The molecular formula is C18H23N4O2S+. The van der Waals surface area contributed by atoms with E-state index in [0.717, 1.165) is 32.5 Å². The van der Waals surface area contributed by atoms with Gasteiger partial charge in [0.15, 0.2) is 11.0 Å². The van der Waals surface area contributed by atoms with E-state index in [4.69, 9.17) is 12.2 Å². The number of carbonyl (C=O) groups excluding carboxylic acids is 2. The van der Waals surface area contributed by atoms with Gasteiger partial charge in [0.2, 0.25) is 11.8 Å². The normalized spacial score (nSPS) is 27.6. The second kappa shape index (κ2) is 7.84. The number of rotatable bonds is 4. The van der Waals surface area contributed by atoms with Gasteiger partial charge in [0.25, 0.3) is 0 Å². The molecule has 0 aromatic heterocycles. The number of quaternary nitrogens is 1. The first-order valence-corrected chi connectivity index (χ1v) is 8.98. The van der Waals surface area contributed by atoms with E-state index in [2.05, 4.69) is 34.6 Å². The van der Waals surface area contributed by atoms with Crippen LogP contribution in [0.1, 0.15) is 18.4 Å². The van der Waals surface area contributed by atoms with E-state index in [9.17, 15) is 9.59 Å². The molecule has 2 heterocycles. The molecule has 0 unspecified atom stereocenters. The molecule has 0 saturated carbocycles. The van der Waals surface area contributed by atoms with Crippen molar-refractivity contribution in [3.05, 3.63) is 35.9 Å². The molecule has 25 heavy (non-hydrogen) atoms. The van der Waals surface area contributed by atoms with E-state index in [0.29, 0.717) is 0 Å². The van der Waals surface area contributed by atoms with Crippen LogP contribution >= 0.6 is 12.2 Å². The fraction of sp³-hybridized carbons (Fsp3) is 0.444. The Bertz CT molecular complexity index is 684. The summed E-state index contributed by atoms with van der Waals surface area (Å²) in [7, 11) is 1.57. The van der Waals surface area contributed by atoms with Crippen LogP contribution in [0.25, 0.3) is 0 Å². The lowest BCUT2D eigenvalue weighted by Gasteiger charge is -2.29. The molecule has 7 heteroatoms. The van der Waals surface area contributed by atoms with E-state index in [1.165, 1.54) is 16.7 Å². The van der Waals surface area contributed by atoms with Crippen molar-refractivity contribution in [2.45, 2.75) is 25.4 Å². The smallest absolute Gasteiger partial charge is 0.246 e. The van der Waals surface area contributed by atoms with Gasteiger partial charge in [-0.3, -0.25) is 19.5 Å². The lowest BCUT2D eigenvalue weighted by Crippen LogP contribution is -3.12. The molecule has 2 saturated heterocycles. The highest BCUT2D eigenvalue weighted by molar-refractivity contribution is 7.80. The first-order valence-electron chi connectivity index (χ1n) is 8.58. The van der Waals surface area contributed by atoms with Gasteiger partial charge in [-0.1, -0.05) is 30.3 Å². The predicted octanol–water partition coefficient (Wildman–Crippen LogP) is -0.206. The van der Waals surface area contributed by atoms with Crippen molar-refractivity contribution in [2.75, 3.05) is 20.1 Å². The summed E-state index contributed by atoms with van der Waals surface area (Å²) in [6.45, 7) is 3.13. The monoisotopic (exact) mass is 359 g/mol. The number of likely N-dealkylation sites (tertiary alicyclic amines) is 1. The Morgan fingerprint density at radius 1 is 1.28 bits per heavy atom. The molecular weight excluding hydrogens is 336 g/mol. The van der Waals surface area contributed by atoms with Gasteiger partial charge in [0.1, 0.15) is 6.54 Å². The summed E-state index contributed by atoms with van der Waals surface area (Å²) < 4.78 is 0. The standard InChI is InChI=1S/C18H22N4O2S/c1-21-17(24)15(16(23)20-18(21)25)11-19-14-7-9-22(10-8-14)12-13-5-3-2-4-6-13/h2-6,11,14-15H,7-10,12H2,1H3,(H,20,23,25)/p+1/t15-/m0/s1. The highest BCUT2D eigenvalue weighted by Gasteiger charge is 2.35. The molecule has 6 nitrogen and oxygen atoms in total. The summed E-state index contributed by atoms with van der Waals surface area (Å²) in [6.07, 6.45) is 3.44. The molecule has 0 aliphatic carbocycles. The maximum Gasteiger partial charge on any atom is 0.246 e. The van der Waals surface area contributed by atoms with E-state index in [1.54, 1.807) is 11.9 Å². The first kappa shape index (κ1) is 17.7. The van der Waals surface area contributed by atoms with Gasteiger partial charge < -0.3 is 10.2 Å². The first-order chi connectivity index (χ1) is 12.0. The van der Waals surface area contributed by atoms with Crippen LogP contribution in [-0.2, 0) is 16.1 Å². The van der Waals surface area contributed by atoms with Crippen molar-refractivity contribution in [1.82, 2.24) is 10.2 Å². The molecule has 1 aromatic carbocycles. The van der Waals surface area contributed by atoms with Crippen LogP contribution in [0.5, 0.6) is 0 Å². The summed E-state index contributed by atoms with van der Waals surface area (Å²) in [5.41, 5.74) is 1.35. The number of aliphatic imine (C=N–C) groups is 1. The van der Waals surface area contributed by atoms with E-state index in [1.807, 2.05) is 6.07 Å². The zero-order valence-corrected chi connectivity index (χ0v) is 15.1. The lowest BCUT2D eigenvalue weighted by molar-refractivity contribution is -0.918. The van der Waals surface area contributed by atoms with Crippen molar-refractivity contribution in [1.29, 1.82) is 0 Å². The van der Waals surface area contributed by atoms with E-state index in [-0.39, 0.29) is 23.0 Å². The van der Waals surface area contributed by atoms with Gasteiger partial charge in [-0.2, -0.15) is 0 Å². The second-order valence-corrected chi connectivity index (χ2v) is 7.00. The predicted molar refractivity (Wildman–Crippen MR) is 99.4 cm³/mol. The average molecular weight is 359 g/mol. The molecule has 2 fully saturated rings. The molecule has 3 rings (SSSR count). The third kappa shape index (κ3) is 4.29. The number of carbonyl (C=O) groups is 2. The van der Waals surface area contributed by atoms with Crippen LogP contribution in [0.3, 0.4) is 0 Å². The number of piperidine rings is 1. The molecule has 2 N–H and O–H groups in total. The number of thiocarbonyl (C=S) groups is 1. The zero-order chi connectivity index (χ0) is 17.8. The molecule has 2 aliphatic rings. The Balaban J connectivity index is 1.51. The summed E-state index contributed by atoms with van der Waals surface area (Å²) in [4.78, 5) is 31.5. The number of hydrogen-bond acceptors (Lipinski definition) is 4. The zero-order valence-electron chi connectivity index (χ0n) is 14.3. The Labute approximate surface area is 152 Å². The van der Waals surface area contributed by atoms with Gasteiger partial charge in [0.05, 0.1) is 19.1 Å². The molecule has 0 radical (unpaired) electrons. The lowest BCUT2D eigenvalue weighted by atomic mass is 10.0. The summed E-state index contributed by atoms with van der Waals surface area (Å²) in [5, 5.41) is 2.68. The highest BCUT2D eigenvalue weighted by Crippen LogP contribution is 2.10. The minimum Gasteiger partial charge on any atom is -0.331 e. The topological polar surface area (TPSA) is 66.2 Å². The van der Waals surface area contributed by atoms with Crippen molar-refractivity contribution in [3.8, 4) is 0 Å². The number of nitrogens with zero attached hydrogens (tertiary/aromatic N) is 2. The highest BCUT2D eigenvalue weighted by atomic mass is 32.1. The molecule has 132 valence electrons. The SMILES string of the molecule is CN1C(=O)[C@@H](C=NC2CC[NH+](Cc3ccccc3)CC2)C(=O)NC1=S. The molecule has 0 spiro atoms. The fourth-order valence-electron chi connectivity index (χ4n) is 3.25. The van der Waals surface area contributed by atoms with Crippen LogP contribution in [0.2, 0.25) is 0 Å². The van der Waals surface area contributed by atoms with Gasteiger partial charge in [0, 0.05) is 31.7 Å². The van der Waals surface area contributed by atoms with Crippen LogP contribution < -0.4 is 10.2 Å². The summed E-state index contributed by atoms with van der Waals surface area (Å²) in [5.74, 6) is -1.57. The molecule has 1 atom stereocenters. The number of benzene rings is 1. The maximum atomic E-state index is 12.2. The summed E-state index contributed by atoms with van der Waals surface area (Å²) >= 11 is 4.94. The number of hydrogen-bond donors (Lipinski definition) is 2. The van der Waals surface area contributed by atoms with Crippen molar-refractivity contribution < 1.29 is 14.5 Å². The van der Waals surface area contributed by atoms with Crippen LogP contribution in [-0.4, -0.2) is 54.2 Å². The summed E-state index contributed by atoms with van der Waals surface area (Å²) in [6, 6.07) is 10.7. The van der Waals surface area contributed by atoms with E-state index < -0.39 is 5.92 Å².